The number of fused-ring (bicyclic) bond motifs is 1. The Morgan fingerprint density at radius 1 is 1.21 bits per heavy atom. The average molecular weight is 415 g/mol. The third-order valence-corrected chi connectivity index (χ3v) is 5.05. The molecule has 0 aliphatic carbocycles. The molecule has 154 valence electrons. The number of hydrogen-bond donors (Lipinski definition) is 1. The quantitative estimate of drug-likeness (QED) is 0.281. The van der Waals surface area contributed by atoms with Gasteiger partial charge in [-0.15, -0.1) is 11.6 Å². The van der Waals surface area contributed by atoms with Gasteiger partial charge < -0.3 is 10.1 Å². The predicted molar refractivity (Wildman–Crippen MR) is 117 cm³/mol. The van der Waals surface area contributed by atoms with Crippen molar-refractivity contribution in [1.82, 2.24) is 14.8 Å². The van der Waals surface area contributed by atoms with Crippen LogP contribution in [0.4, 0.5) is 5.69 Å². The molecule has 0 radical (unpaired) electrons. The van der Waals surface area contributed by atoms with E-state index in [0.717, 1.165) is 42.4 Å². The highest BCUT2D eigenvalue weighted by Crippen LogP contribution is 2.29. The summed E-state index contributed by atoms with van der Waals surface area (Å²) in [6.45, 7) is 5.76. The molecule has 3 rings (SSSR count). The number of esters is 1. The molecule has 7 heteroatoms. The van der Waals surface area contributed by atoms with Gasteiger partial charge in [0.15, 0.2) is 5.65 Å². The SMILES string of the molecule is CCCCOC(=O)c1cnc2c(cnn2CC(Cl)c2ccccc2)c1NCCC. The van der Waals surface area contributed by atoms with Crippen molar-refractivity contribution >= 4 is 34.3 Å². The van der Waals surface area contributed by atoms with Gasteiger partial charge in [-0.25, -0.2) is 14.5 Å². The largest absolute Gasteiger partial charge is 0.462 e. The van der Waals surface area contributed by atoms with E-state index in [4.69, 9.17) is 16.3 Å². The van der Waals surface area contributed by atoms with E-state index in [0.29, 0.717) is 24.4 Å². The van der Waals surface area contributed by atoms with Crippen molar-refractivity contribution in [2.75, 3.05) is 18.5 Å². The molecule has 2 aromatic heterocycles. The van der Waals surface area contributed by atoms with Crippen LogP contribution in [0.5, 0.6) is 0 Å². The normalized spacial score (nSPS) is 12.1. The number of aromatic nitrogens is 3. The van der Waals surface area contributed by atoms with E-state index in [-0.39, 0.29) is 11.3 Å². The molecule has 0 bridgehead atoms. The molecule has 0 saturated heterocycles. The van der Waals surface area contributed by atoms with Crippen LogP contribution >= 0.6 is 11.6 Å². The molecular weight excluding hydrogens is 388 g/mol. The molecule has 29 heavy (non-hydrogen) atoms. The summed E-state index contributed by atoms with van der Waals surface area (Å²) in [7, 11) is 0. The summed E-state index contributed by atoms with van der Waals surface area (Å²) < 4.78 is 7.18. The minimum absolute atomic E-state index is 0.230. The van der Waals surface area contributed by atoms with Crippen molar-refractivity contribution < 1.29 is 9.53 Å². The number of rotatable bonds is 10. The smallest absolute Gasteiger partial charge is 0.341 e. The number of pyridine rings is 1. The second-order valence-corrected chi connectivity index (χ2v) is 7.43. The fraction of sp³-hybridized carbons (Fsp3) is 0.409. The number of unbranched alkanes of at least 4 members (excludes halogenated alkanes) is 1. The van der Waals surface area contributed by atoms with Crippen LogP contribution in [0.1, 0.15) is 54.4 Å². The highest BCUT2D eigenvalue weighted by molar-refractivity contribution is 6.20. The molecule has 0 amide bonds. The maximum atomic E-state index is 12.6. The van der Waals surface area contributed by atoms with Gasteiger partial charge in [0.2, 0.25) is 0 Å². The van der Waals surface area contributed by atoms with Crippen molar-refractivity contribution in [2.24, 2.45) is 0 Å². The topological polar surface area (TPSA) is 69.0 Å². The summed E-state index contributed by atoms with van der Waals surface area (Å²) in [5.74, 6) is -0.362. The summed E-state index contributed by atoms with van der Waals surface area (Å²) in [5, 5.41) is 8.39. The van der Waals surface area contributed by atoms with Gasteiger partial charge in [0, 0.05) is 12.7 Å². The maximum absolute atomic E-state index is 12.6. The number of nitrogens with one attached hydrogen (secondary N) is 1. The van der Waals surface area contributed by atoms with Crippen LogP contribution < -0.4 is 5.32 Å². The highest BCUT2D eigenvalue weighted by atomic mass is 35.5. The van der Waals surface area contributed by atoms with Crippen LogP contribution in [0.2, 0.25) is 0 Å². The van der Waals surface area contributed by atoms with Crippen molar-refractivity contribution in [1.29, 1.82) is 0 Å². The monoisotopic (exact) mass is 414 g/mol. The Morgan fingerprint density at radius 2 is 2.00 bits per heavy atom. The fourth-order valence-corrected chi connectivity index (χ4v) is 3.34. The molecule has 6 nitrogen and oxygen atoms in total. The van der Waals surface area contributed by atoms with E-state index in [2.05, 4.69) is 29.2 Å². The Hall–Kier alpha value is -2.60. The number of carbonyl (C=O) groups is 1. The summed E-state index contributed by atoms with van der Waals surface area (Å²) >= 11 is 6.60. The standard InChI is InChI=1S/C22H27ClN4O2/c1-3-5-12-29-22(28)18-13-25-21-17(20(18)24-11-4-2)14-26-27(21)15-19(23)16-9-7-6-8-10-16/h6-10,13-14,19H,3-5,11-12,15H2,1-2H3,(H,24,25). The van der Waals surface area contributed by atoms with Crippen LogP contribution in [0.3, 0.4) is 0 Å². The molecule has 1 unspecified atom stereocenters. The first-order valence-corrected chi connectivity index (χ1v) is 10.5. The number of ether oxygens (including phenoxy) is 1. The summed E-state index contributed by atoms with van der Waals surface area (Å²) in [6.07, 6.45) is 6.04. The molecule has 1 N–H and O–H groups in total. The maximum Gasteiger partial charge on any atom is 0.341 e. The Kier molecular flexibility index (Phi) is 7.47. The Labute approximate surface area is 176 Å². The lowest BCUT2D eigenvalue weighted by Gasteiger charge is -2.13. The van der Waals surface area contributed by atoms with Crippen LogP contribution in [-0.2, 0) is 11.3 Å². The molecule has 0 spiro atoms. The number of anilines is 1. The van der Waals surface area contributed by atoms with E-state index in [1.54, 1.807) is 17.1 Å². The molecule has 1 aromatic carbocycles. The Morgan fingerprint density at radius 3 is 2.72 bits per heavy atom. The van der Waals surface area contributed by atoms with E-state index < -0.39 is 0 Å². The lowest BCUT2D eigenvalue weighted by atomic mass is 10.1. The number of hydrogen-bond acceptors (Lipinski definition) is 5. The first-order chi connectivity index (χ1) is 14.2. The second-order valence-electron chi connectivity index (χ2n) is 6.91. The number of benzene rings is 1. The van der Waals surface area contributed by atoms with Gasteiger partial charge in [-0.05, 0) is 18.4 Å². The van der Waals surface area contributed by atoms with Crippen molar-refractivity contribution in [3.8, 4) is 0 Å². The second kappa shape index (κ2) is 10.3. The predicted octanol–water partition coefficient (Wildman–Crippen LogP) is 5.19. The van der Waals surface area contributed by atoms with Gasteiger partial charge in [-0.3, -0.25) is 0 Å². The molecule has 2 heterocycles. The summed E-state index contributed by atoms with van der Waals surface area (Å²) in [5.41, 5.74) is 2.87. The first kappa shape index (κ1) is 21.1. The minimum atomic E-state index is -0.362. The third-order valence-electron chi connectivity index (χ3n) is 4.66. The van der Waals surface area contributed by atoms with Crippen molar-refractivity contribution in [3.63, 3.8) is 0 Å². The zero-order valence-electron chi connectivity index (χ0n) is 16.9. The first-order valence-electron chi connectivity index (χ1n) is 10.1. The number of nitrogens with zero attached hydrogens (tertiary/aromatic N) is 3. The summed E-state index contributed by atoms with van der Waals surface area (Å²) in [6, 6.07) is 9.89. The lowest BCUT2D eigenvalue weighted by molar-refractivity contribution is 0.0500. The van der Waals surface area contributed by atoms with Crippen molar-refractivity contribution in [2.45, 2.75) is 45.0 Å². The summed E-state index contributed by atoms with van der Waals surface area (Å²) in [4.78, 5) is 17.1. The van der Waals surface area contributed by atoms with Gasteiger partial charge >= 0.3 is 5.97 Å². The zero-order valence-corrected chi connectivity index (χ0v) is 17.7. The van der Waals surface area contributed by atoms with Crippen LogP contribution in [0.25, 0.3) is 11.0 Å². The fourth-order valence-electron chi connectivity index (χ4n) is 3.06. The van der Waals surface area contributed by atoms with E-state index in [9.17, 15) is 4.79 Å². The highest BCUT2D eigenvalue weighted by Gasteiger charge is 2.20. The lowest BCUT2D eigenvalue weighted by Crippen LogP contribution is -2.13. The van der Waals surface area contributed by atoms with E-state index in [1.165, 1.54) is 0 Å². The van der Waals surface area contributed by atoms with Gasteiger partial charge in [0.05, 0.1) is 35.8 Å². The Balaban J connectivity index is 1.90. The average Bonchev–Trinajstić information content (AvgIpc) is 3.15. The van der Waals surface area contributed by atoms with Crippen LogP contribution in [-0.4, -0.2) is 33.9 Å². The van der Waals surface area contributed by atoms with E-state index in [1.807, 2.05) is 30.3 Å². The van der Waals surface area contributed by atoms with Crippen LogP contribution in [0.15, 0.2) is 42.7 Å². The van der Waals surface area contributed by atoms with Gasteiger partial charge in [-0.1, -0.05) is 50.6 Å². The van der Waals surface area contributed by atoms with Crippen molar-refractivity contribution in [3.05, 3.63) is 53.9 Å². The molecule has 0 aliphatic heterocycles. The molecular formula is C22H27ClN4O2. The molecule has 0 fully saturated rings. The number of halogens is 1. The number of carbonyl (C=O) groups excluding carboxylic acids is 1. The van der Waals surface area contributed by atoms with Gasteiger partial charge in [0.1, 0.15) is 5.56 Å². The van der Waals surface area contributed by atoms with Gasteiger partial charge in [0.25, 0.3) is 0 Å². The van der Waals surface area contributed by atoms with Gasteiger partial charge in [-0.2, -0.15) is 5.10 Å². The zero-order chi connectivity index (χ0) is 20.6. The number of alkyl halides is 1. The molecule has 3 aromatic rings. The van der Waals surface area contributed by atoms with E-state index >= 15 is 0 Å². The van der Waals surface area contributed by atoms with Crippen LogP contribution in [0, 0.1) is 0 Å². The molecule has 1 atom stereocenters. The molecule has 0 aliphatic rings. The minimum Gasteiger partial charge on any atom is -0.462 e. The third kappa shape index (κ3) is 5.07. The Bertz CT molecular complexity index is 943. The molecule has 0 saturated carbocycles.